The molecule has 17 heavy (non-hydrogen) atoms. The zero-order valence-corrected chi connectivity index (χ0v) is 10.4. The molecule has 0 aliphatic heterocycles. The molecule has 0 aliphatic carbocycles. The third kappa shape index (κ3) is 2.42. The van der Waals surface area contributed by atoms with E-state index in [4.69, 9.17) is 4.42 Å². The fourth-order valence-corrected chi connectivity index (χ4v) is 2.11. The number of aromatic nitrogens is 1. The van der Waals surface area contributed by atoms with Crippen molar-refractivity contribution in [2.45, 2.75) is 26.8 Å². The lowest BCUT2D eigenvalue weighted by atomic mass is 9.96. The molecule has 0 aliphatic rings. The zero-order chi connectivity index (χ0) is 12.4. The second-order valence-corrected chi connectivity index (χ2v) is 4.55. The SMILES string of the molecule is CCNC(c1ccc2[nH]c(=O)oc2c1)C(C)C. The molecular weight excluding hydrogens is 216 g/mol. The molecule has 1 heterocycles. The summed E-state index contributed by atoms with van der Waals surface area (Å²) in [4.78, 5) is 13.7. The number of H-pyrrole nitrogens is 1. The quantitative estimate of drug-likeness (QED) is 0.854. The number of fused-ring (bicyclic) bond motifs is 1. The second-order valence-electron chi connectivity index (χ2n) is 4.55. The van der Waals surface area contributed by atoms with Crippen LogP contribution >= 0.6 is 0 Å². The van der Waals surface area contributed by atoms with Crippen molar-refractivity contribution in [2.75, 3.05) is 6.54 Å². The number of nitrogens with one attached hydrogen (secondary N) is 2. The Morgan fingerprint density at radius 1 is 1.41 bits per heavy atom. The fraction of sp³-hybridized carbons (Fsp3) is 0.462. The maximum Gasteiger partial charge on any atom is 0.417 e. The monoisotopic (exact) mass is 234 g/mol. The van der Waals surface area contributed by atoms with Crippen molar-refractivity contribution in [2.24, 2.45) is 5.92 Å². The summed E-state index contributed by atoms with van der Waals surface area (Å²) in [6.45, 7) is 7.35. The first-order valence-electron chi connectivity index (χ1n) is 5.98. The molecule has 0 saturated heterocycles. The molecule has 1 atom stereocenters. The van der Waals surface area contributed by atoms with E-state index >= 15 is 0 Å². The molecular formula is C13H18N2O2. The predicted octanol–water partition coefficient (Wildman–Crippen LogP) is 2.43. The minimum absolute atomic E-state index is 0.282. The van der Waals surface area contributed by atoms with Crippen molar-refractivity contribution in [1.29, 1.82) is 0 Å². The number of rotatable bonds is 4. The molecule has 1 aromatic carbocycles. The molecule has 0 spiro atoms. The van der Waals surface area contributed by atoms with Crippen LogP contribution in [0.1, 0.15) is 32.4 Å². The minimum atomic E-state index is -0.401. The first-order chi connectivity index (χ1) is 8.11. The zero-order valence-electron chi connectivity index (χ0n) is 10.4. The van der Waals surface area contributed by atoms with Crippen molar-refractivity contribution >= 4 is 11.1 Å². The highest BCUT2D eigenvalue weighted by molar-refractivity contribution is 5.72. The minimum Gasteiger partial charge on any atom is -0.408 e. The summed E-state index contributed by atoms with van der Waals surface area (Å²) in [5.41, 5.74) is 2.52. The van der Waals surface area contributed by atoms with E-state index in [1.54, 1.807) is 0 Å². The van der Waals surface area contributed by atoms with Gasteiger partial charge in [0.05, 0.1) is 5.52 Å². The van der Waals surface area contributed by atoms with Gasteiger partial charge in [0.1, 0.15) is 0 Å². The average molecular weight is 234 g/mol. The van der Waals surface area contributed by atoms with E-state index in [2.05, 4.69) is 31.1 Å². The van der Waals surface area contributed by atoms with Crippen LogP contribution in [-0.2, 0) is 0 Å². The van der Waals surface area contributed by atoms with Gasteiger partial charge in [0, 0.05) is 6.04 Å². The Bertz CT molecular complexity index is 554. The van der Waals surface area contributed by atoms with E-state index in [1.165, 1.54) is 0 Å². The van der Waals surface area contributed by atoms with Crippen molar-refractivity contribution in [3.05, 3.63) is 34.3 Å². The molecule has 0 amide bonds. The lowest BCUT2D eigenvalue weighted by Gasteiger charge is -2.22. The molecule has 2 aromatic rings. The largest absolute Gasteiger partial charge is 0.417 e. The van der Waals surface area contributed by atoms with Gasteiger partial charge in [-0.15, -0.1) is 0 Å². The Labute approximate surface area is 100 Å². The number of benzene rings is 1. The molecule has 0 radical (unpaired) electrons. The van der Waals surface area contributed by atoms with E-state index in [0.717, 1.165) is 17.6 Å². The van der Waals surface area contributed by atoms with Gasteiger partial charge in [0.25, 0.3) is 0 Å². The molecule has 1 aromatic heterocycles. The van der Waals surface area contributed by atoms with Gasteiger partial charge in [-0.1, -0.05) is 26.8 Å². The number of aromatic amines is 1. The van der Waals surface area contributed by atoms with Crippen LogP contribution in [0.3, 0.4) is 0 Å². The highest BCUT2D eigenvalue weighted by atomic mass is 16.4. The molecule has 92 valence electrons. The smallest absolute Gasteiger partial charge is 0.408 e. The Morgan fingerprint density at radius 2 is 2.18 bits per heavy atom. The fourth-order valence-electron chi connectivity index (χ4n) is 2.11. The van der Waals surface area contributed by atoms with E-state index in [-0.39, 0.29) is 6.04 Å². The molecule has 1 unspecified atom stereocenters. The van der Waals surface area contributed by atoms with Gasteiger partial charge in [-0.2, -0.15) is 0 Å². The second kappa shape index (κ2) is 4.75. The maximum absolute atomic E-state index is 11.1. The highest BCUT2D eigenvalue weighted by Gasteiger charge is 2.15. The summed E-state index contributed by atoms with van der Waals surface area (Å²) in [5, 5.41) is 3.44. The van der Waals surface area contributed by atoms with Crippen molar-refractivity contribution in [3.8, 4) is 0 Å². The molecule has 4 nitrogen and oxygen atoms in total. The van der Waals surface area contributed by atoms with Crippen LogP contribution in [0.25, 0.3) is 11.1 Å². The normalized spacial score (nSPS) is 13.4. The van der Waals surface area contributed by atoms with Crippen LogP contribution in [0.15, 0.2) is 27.4 Å². The molecule has 2 N–H and O–H groups in total. The molecule has 0 fully saturated rings. The van der Waals surface area contributed by atoms with Crippen LogP contribution in [0.4, 0.5) is 0 Å². The third-order valence-electron chi connectivity index (χ3n) is 2.89. The number of hydrogen-bond donors (Lipinski definition) is 2. The van der Waals surface area contributed by atoms with Gasteiger partial charge < -0.3 is 9.73 Å². The van der Waals surface area contributed by atoms with Gasteiger partial charge >= 0.3 is 5.76 Å². The molecule has 0 bridgehead atoms. The van der Waals surface area contributed by atoms with Crippen LogP contribution in [-0.4, -0.2) is 11.5 Å². The highest BCUT2D eigenvalue weighted by Crippen LogP contribution is 2.24. The first-order valence-corrected chi connectivity index (χ1v) is 5.98. The summed E-state index contributed by atoms with van der Waals surface area (Å²) in [5.74, 6) is 0.0831. The summed E-state index contributed by atoms with van der Waals surface area (Å²) in [6.07, 6.45) is 0. The summed E-state index contributed by atoms with van der Waals surface area (Å²) < 4.78 is 5.08. The standard InChI is InChI=1S/C13H18N2O2/c1-4-14-12(8(2)3)9-5-6-10-11(7-9)17-13(16)15-10/h5-8,12,14H,4H2,1-3H3,(H,15,16). The summed E-state index contributed by atoms with van der Waals surface area (Å²) in [7, 11) is 0. The Kier molecular flexibility index (Phi) is 3.33. The van der Waals surface area contributed by atoms with E-state index < -0.39 is 5.76 Å². The van der Waals surface area contributed by atoms with E-state index in [0.29, 0.717) is 11.5 Å². The maximum atomic E-state index is 11.1. The van der Waals surface area contributed by atoms with E-state index in [1.807, 2.05) is 18.2 Å². The Morgan fingerprint density at radius 3 is 2.82 bits per heavy atom. The Balaban J connectivity index is 2.42. The van der Waals surface area contributed by atoms with Gasteiger partial charge in [-0.25, -0.2) is 4.79 Å². The van der Waals surface area contributed by atoms with E-state index in [9.17, 15) is 4.79 Å². The summed E-state index contributed by atoms with van der Waals surface area (Å²) in [6, 6.07) is 6.13. The topological polar surface area (TPSA) is 58.0 Å². The van der Waals surface area contributed by atoms with Gasteiger partial charge in [-0.05, 0) is 30.2 Å². The number of oxazole rings is 1. The number of hydrogen-bond acceptors (Lipinski definition) is 3. The third-order valence-corrected chi connectivity index (χ3v) is 2.89. The summed E-state index contributed by atoms with van der Waals surface area (Å²) >= 11 is 0. The predicted molar refractivity (Wildman–Crippen MR) is 68.1 cm³/mol. The molecule has 2 rings (SSSR count). The van der Waals surface area contributed by atoms with Crippen LogP contribution in [0.5, 0.6) is 0 Å². The lowest BCUT2D eigenvalue weighted by molar-refractivity contribution is 0.421. The van der Waals surface area contributed by atoms with Gasteiger partial charge in [-0.3, -0.25) is 4.98 Å². The lowest BCUT2D eigenvalue weighted by Crippen LogP contribution is -2.25. The van der Waals surface area contributed by atoms with Gasteiger partial charge in [0.2, 0.25) is 0 Å². The van der Waals surface area contributed by atoms with Crippen molar-refractivity contribution in [3.63, 3.8) is 0 Å². The van der Waals surface area contributed by atoms with Crippen LogP contribution < -0.4 is 11.1 Å². The van der Waals surface area contributed by atoms with Gasteiger partial charge in [0.15, 0.2) is 5.58 Å². The van der Waals surface area contributed by atoms with Crippen LogP contribution in [0.2, 0.25) is 0 Å². The Hall–Kier alpha value is -1.55. The molecule has 4 heteroatoms. The first kappa shape index (κ1) is 11.9. The van der Waals surface area contributed by atoms with Crippen LogP contribution in [0, 0.1) is 5.92 Å². The average Bonchev–Trinajstić information content (AvgIpc) is 2.64. The van der Waals surface area contributed by atoms with Crippen molar-refractivity contribution < 1.29 is 4.42 Å². The molecule has 0 saturated carbocycles. The van der Waals surface area contributed by atoms with Crippen molar-refractivity contribution in [1.82, 2.24) is 10.3 Å².